The van der Waals surface area contributed by atoms with Crippen LogP contribution in [0.1, 0.15) is 33.0 Å². The normalized spacial score (nSPS) is 11.5. The summed E-state index contributed by atoms with van der Waals surface area (Å²) in [5.41, 5.74) is -0.898. The highest BCUT2D eigenvalue weighted by Crippen LogP contribution is 2.28. The van der Waals surface area contributed by atoms with Gasteiger partial charge in [-0.3, -0.25) is 4.79 Å². The molecule has 0 bridgehead atoms. The Bertz CT molecular complexity index is 1430. The number of nitrogens with one attached hydrogen (secondary N) is 2. The smallest absolute Gasteiger partial charge is 0.405 e. The highest BCUT2D eigenvalue weighted by molar-refractivity contribution is 6.03. The van der Waals surface area contributed by atoms with E-state index in [9.17, 15) is 31.5 Å². The molecule has 3 heterocycles. The molecule has 192 valence electrons. The summed E-state index contributed by atoms with van der Waals surface area (Å²) in [6, 6.07) is 7.86. The number of rotatable bonds is 8. The van der Waals surface area contributed by atoms with Crippen LogP contribution >= 0.6 is 0 Å². The topological polar surface area (TPSA) is 135 Å². The highest BCUT2D eigenvalue weighted by Gasteiger charge is 2.27. The summed E-state index contributed by atoms with van der Waals surface area (Å²) in [5.74, 6) is -2.31. The number of oxazole rings is 1. The third kappa shape index (κ3) is 6.06. The van der Waals surface area contributed by atoms with Gasteiger partial charge < -0.3 is 20.2 Å². The van der Waals surface area contributed by atoms with Crippen LogP contribution in [0.4, 0.5) is 33.5 Å². The number of carbonyl (C=O) groups is 2. The fraction of sp³-hybridized carbons (Fsp3) is 0.136. The van der Waals surface area contributed by atoms with Gasteiger partial charge >= 0.3 is 12.1 Å². The molecule has 0 saturated carbocycles. The Labute approximate surface area is 203 Å². The van der Waals surface area contributed by atoms with Gasteiger partial charge in [-0.05, 0) is 36.4 Å². The summed E-state index contributed by atoms with van der Waals surface area (Å²) in [5, 5.41) is 17.1. The largest absolute Gasteiger partial charge is 0.478 e. The maximum Gasteiger partial charge on any atom is 0.405 e. The molecule has 3 N–H and O–H groups in total. The van der Waals surface area contributed by atoms with Gasteiger partial charge in [-0.25, -0.2) is 28.2 Å². The minimum atomic E-state index is -4.46. The van der Waals surface area contributed by atoms with E-state index in [-0.39, 0.29) is 39.9 Å². The second-order valence-corrected chi connectivity index (χ2v) is 7.42. The highest BCUT2D eigenvalue weighted by atomic mass is 19.4. The van der Waals surface area contributed by atoms with Gasteiger partial charge in [0, 0.05) is 11.8 Å². The Kier molecular flexibility index (Phi) is 6.86. The molecule has 0 saturated heterocycles. The first-order valence-corrected chi connectivity index (χ1v) is 10.3. The average Bonchev–Trinajstić information content (AvgIpc) is 3.51. The molecular formula is C22H15F5N6O4. The van der Waals surface area contributed by atoms with Crippen molar-refractivity contribution in [2.24, 2.45) is 0 Å². The van der Waals surface area contributed by atoms with Gasteiger partial charge in [0.05, 0.1) is 23.1 Å². The molecule has 3 aromatic heterocycles. The summed E-state index contributed by atoms with van der Waals surface area (Å²) in [6.07, 6.45) is -4.23. The second kappa shape index (κ2) is 10.0. The molecular weight excluding hydrogens is 507 g/mol. The first-order chi connectivity index (χ1) is 17.5. The predicted molar refractivity (Wildman–Crippen MR) is 118 cm³/mol. The number of aromatic nitrogens is 4. The molecule has 4 aromatic rings. The summed E-state index contributed by atoms with van der Waals surface area (Å²) in [6.45, 7) is -1.31. The number of alkyl halides is 5. The Hall–Kier alpha value is -4.82. The van der Waals surface area contributed by atoms with Crippen LogP contribution in [-0.4, -0.2) is 49.5 Å². The lowest BCUT2D eigenvalue weighted by molar-refractivity contribution is -0.115. The summed E-state index contributed by atoms with van der Waals surface area (Å²) in [7, 11) is 0. The van der Waals surface area contributed by atoms with Gasteiger partial charge in [0.2, 0.25) is 5.89 Å². The molecule has 0 aliphatic heterocycles. The second-order valence-electron chi connectivity index (χ2n) is 7.42. The lowest BCUT2D eigenvalue weighted by Crippen LogP contribution is -2.21. The number of anilines is 2. The van der Waals surface area contributed by atoms with E-state index in [4.69, 9.17) is 9.52 Å². The zero-order chi connectivity index (χ0) is 26.7. The molecule has 0 unspecified atom stereocenters. The van der Waals surface area contributed by atoms with Crippen LogP contribution in [0.5, 0.6) is 0 Å². The molecule has 1 amide bonds. The zero-order valence-corrected chi connectivity index (χ0v) is 18.3. The average molecular weight is 522 g/mol. The van der Waals surface area contributed by atoms with Crippen molar-refractivity contribution in [1.29, 1.82) is 0 Å². The Balaban J connectivity index is 1.52. The van der Waals surface area contributed by atoms with Crippen LogP contribution in [0.15, 0.2) is 59.5 Å². The standard InChI is InChI=1S/C22H15F5N6O4/c23-18(24)17-14(8-33(32-17)13-3-1-11(2-4-13)21(35)36)30-19(34)15-9-37-20(31-15)12-5-6-28-16(7-12)29-10-22(25,26)27/h1-9,18H,10H2,(H,28,29)(H,30,34)(H,35,36). The Morgan fingerprint density at radius 3 is 2.51 bits per heavy atom. The van der Waals surface area contributed by atoms with Gasteiger partial charge in [0.1, 0.15) is 18.6 Å². The van der Waals surface area contributed by atoms with Crippen LogP contribution in [0.2, 0.25) is 0 Å². The maximum atomic E-state index is 13.6. The number of benzene rings is 1. The number of hydrogen-bond acceptors (Lipinski definition) is 7. The van der Waals surface area contributed by atoms with Gasteiger partial charge in [0.15, 0.2) is 11.4 Å². The Morgan fingerprint density at radius 1 is 1.14 bits per heavy atom. The van der Waals surface area contributed by atoms with Gasteiger partial charge in [-0.15, -0.1) is 0 Å². The predicted octanol–water partition coefficient (Wildman–Crippen LogP) is 4.78. The molecule has 0 radical (unpaired) electrons. The molecule has 0 spiro atoms. The lowest BCUT2D eigenvalue weighted by atomic mass is 10.2. The number of carboxylic acid groups (broad SMARTS) is 1. The maximum absolute atomic E-state index is 13.6. The number of carboxylic acids is 1. The van der Waals surface area contributed by atoms with Crippen molar-refractivity contribution in [2.45, 2.75) is 12.6 Å². The van der Waals surface area contributed by atoms with Crippen LogP contribution in [0.3, 0.4) is 0 Å². The molecule has 37 heavy (non-hydrogen) atoms. The van der Waals surface area contributed by atoms with E-state index in [1.54, 1.807) is 0 Å². The van der Waals surface area contributed by atoms with E-state index in [0.717, 1.165) is 17.1 Å². The monoisotopic (exact) mass is 522 g/mol. The molecule has 0 fully saturated rings. The lowest BCUT2D eigenvalue weighted by Gasteiger charge is -2.08. The fourth-order valence-corrected chi connectivity index (χ4v) is 3.08. The first-order valence-electron chi connectivity index (χ1n) is 10.3. The minimum Gasteiger partial charge on any atom is -0.478 e. The van der Waals surface area contributed by atoms with Gasteiger partial charge in [-0.2, -0.15) is 18.3 Å². The van der Waals surface area contributed by atoms with Crippen molar-refractivity contribution < 1.29 is 41.1 Å². The SMILES string of the molecule is O=C(O)c1ccc(-n2cc(NC(=O)c3coc(-c4ccnc(NCC(F)(F)F)c4)n3)c(C(F)F)n2)cc1. The van der Waals surface area contributed by atoms with E-state index in [0.29, 0.717) is 0 Å². The Morgan fingerprint density at radius 2 is 1.86 bits per heavy atom. The van der Waals surface area contributed by atoms with Crippen molar-refractivity contribution in [3.8, 4) is 17.1 Å². The van der Waals surface area contributed by atoms with E-state index in [1.165, 1.54) is 42.6 Å². The summed E-state index contributed by atoms with van der Waals surface area (Å²) < 4.78 is 70.6. The molecule has 15 heteroatoms. The fourth-order valence-electron chi connectivity index (χ4n) is 3.08. The van der Waals surface area contributed by atoms with Crippen LogP contribution in [0.25, 0.3) is 17.1 Å². The molecule has 0 aliphatic carbocycles. The number of aromatic carboxylic acids is 1. The van der Waals surface area contributed by atoms with E-state index in [2.05, 4.69) is 25.7 Å². The molecule has 0 aliphatic rings. The molecule has 10 nitrogen and oxygen atoms in total. The molecule has 0 atom stereocenters. The minimum absolute atomic E-state index is 0.0159. The number of nitrogens with zero attached hydrogens (tertiary/aromatic N) is 4. The number of hydrogen-bond donors (Lipinski definition) is 3. The summed E-state index contributed by atoms with van der Waals surface area (Å²) >= 11 is 0. The number of halogens is 5. The zero-order valence-electron chi connectivity index (χ0n) is 18.3. The van der Waals surface area contributed by atoms with Crippen LogP contribution < -0.4 is 10.6 Å². The number of amides is 1. The number of carbonyl (C=O) groups excluding carboxylic acids is 1. The third-order valence-electron chi connectivity index (χ3n) is 4.79. The molecule has 4 rings (SSSR count). The van der Waals surface area contributed by atoms with Crippen molar-refractivity contribution in [2.75, 3.05) is 17.2 Å². The summed E-state index contributed by atoms with van der Waals surface area (Å²) in [4.78, 5) is 31.4. The first kappa shape index (κ1) is 25.3. The van der Waals surface area contributed by atoms with Crippen LogP contribution in [0, 0.1) is 0 Å². The van der Waals surface area contributed by atoms with E-state index >= 15 is 0 Å². The van der Waals surface area contributed by atoms with Gasteiger partial charge in [-0.1, -0.05) is 0 Å². The van der Waals surface area contributed by atoms with Crippen molar-refractivity contribution in [3.63, 3.8) is 0 Å². The van der Waals surface area contributed by atoms with Crippen molar-refractivity contribution in [3.05, 3.63) is 72.0 Å². The third-order valence-corrected chi connectivity index (χ3v) is 4.79. The number of pyridine rings is 1. The van der Waals surface area contributed by atoms with E-state index < -0.39 is 36.7 Å². The quantitative estimate of drug-likeness (QED) is 0.281. The molecule has 1 aromatic carbocycles. The van der Waals surface area contributed by atoms with Crippen molar-refractivity contribution >= 4 is 23.4 Å². The van der Waals surface area contributed by atoms with Crippen molar-refractivity contribution in [1.82, 2.24) is 19.7 Å². The van der Waals surface area contributed by atoms with E-state index in [1.807, 2.05) is 0 Å². The van der Waals surface area contributed by atoms with Gasteiger partial charge in [0.25, 0.3) is 12.3 Å². The van der Waals surface area contributed by atoms with Crippen LogP contribution in [-0.2, 0) is 0 Å².